The molecule has 4 heteroatoms. The van der Waals surface area contributed by atoms with Crippen molar-refractivity contribution in [3.63, 3.8) is 0 Å². The van der Waals surface area contributed by atoms with Crippen LogP contribution in [0.1, 0.15) is 15.9 Å². The van der Waals surface area contributed by atoms with E-state index in [0.29, 0.717) is 18.8 Å². The van der Waals surface area contributed by atoms with Crippen molar-refractivity contribution in [2.75, 3.05) is 27.4 Å². The lowest BCUT2D eigenvalue weighted by atomic mass is 10.1. The lowest BCUT2D eigenvalue weighted by Crippen LogP contribution is -2.27. The van der Waals surface area contributed by atoms with Crippen LogP contribution in [0.25, 0.3) is 0 Å². The van der Waals surface area contributed by atoms with Gasteiger partial charge in [-0.25, -0.2) is 4.79 Å². The maximum absolute atomic E-state index is 11.8. The van der Waals surface area contributed by atoms with Gasteiger partial charge in [-0.1, -0.05) is 17.7 Å². The van der Waals surface area contributed by atoms with Crippen molar-refractivity contribution in [3.8, 4) is 0 Å². The van der Waals surface area contributed by atoms with Gasteiger partial charge in [0.25, 0.3) is 0 Å². The summed E-state index contributed by atoms with van der Waals surface area (Å²) in [5.41, 5.74) is 1.64. The Hall–Kier alpha value is -1.39. The van der Waals surface area contributed by atoms with Crippen LogP contribution in [0.3, 0.4) is 0 Å². The lowest BCUT2D eigenvalue weighted by Gasteiger charge is -2.16. The van der Waals surface area contributed by atoms with Crippen LogP contribution in [-0.2, 0) is 14.2 Å². The highest BCUT2D eigenvalue weighted by Gasteiger charge is 2.15. The zero-order chi connectivity index (χ0) is 12.7. The van der Waals surface area contributed by atoms with Crippen LogP contribution in [0, 0.1) is 6.92 Å². The number of esters is 1. The number of aryl methyl sites for hydroxylation is 1. The van der Waals surface area contributed by atoms with Crippen molar-refractivity contribution in [1.29, 1.82) is 0 Å². The minimum atomic E-state index is -0.376. The molecule has 0 amide bonds. The molecule has 0 radical (unpaired) electrons. The molecule has 94 valence electrons. The summed E-state index contributed by atoms with van der Waals surface area (Å²) >= 11 is 0. The average molecular weight is 238 g/mol. The third kappa shape index (κ3) is 4.54. The second kappa shape index (κ2) is 7.04. The Morgan fingerprint density at radius 3 is 2.12 bits per heavy atom. The summed E-state index contributed by atoms with van der Waals surface area (Å²) in [7, 11) is 3.12. The molecule has 1 aromatic carbocycles. The second-order valence-corrected chi connectivity index (χ2v) is 3.80. The molecule has 0 fully saturated rings. The van der Waals surface area contributed by atoms with E-state index in [4.69, 9.17) is 14.2 Å². The number of carbonyl (C=O) groups excluding carboxylic acids is 1. The minimum Gasteiger partial charge on any atom is -0.454 e. The van der Waals surface area contributed by atoms with Gasteiger partial charge >= 0.3 is 5.97 Å². The lowest BCUT2D eigenvalue weighted by molar-refractivity contribution is -0.0223. The maximum Gasteiger partial charge on any atom is 0.338 e. The molecule has 0 saturated carbocycles. The van der Waals surface area contributed by atoms with Crippen LogP contribution in [0.5, 0.6) is 0 Å². The summed E-state index contributed by atoms with van der Waals surface area (Å²) in [6.45, 7) is 2.62. The molecule has 0 heterocycles. The molecule has 0 N–H and O–H groups in total. The minimum absolute atomic E-state index is 0.325. The van der Waals surface area contributed by atoms with E-state index in [0.717, 1.165) is 5.56 Å². The molecule has 0 aromatic heterocycles. The quantitative estimate of drug-likeness (QED) is 0.709. The van der Waals surface area contributed by atoms with E-state index in [9.17, 15) is 4.79 Å². The molecule has 0 aliphatic heterocycles. The van der Waals surface area contributed by atoms with Gasteiger partial charge in [-0.05, 0) is 19.1 Å². The summed E-state index contributed by atoms with van der Waals surface area (Å²) in [6.07, 6.45) is -0.376. The number of ether oxygens (including phenoxy) is 3. The third-order valence-electron chi connectivity index (χ3n) is 2.27. The highest BCUT2D eigenvalue weighted by atomic mass is 16.6. The fourth-order valence-electron chi connectivity index (χ4n) is 1.40. The van der Waals surface area contributed by atoms with E-state index in [1.807, 2.05) is 19.1 Å². The number of hydrogen-bond acceptors (Lipinski definition) is 4. The van der Waals surface area contributed by atoms with Crippen molar-refractivity contribution in [1.82, 2.24) is 0 Å². The van der Waals surface area contributed by atoms with E-state index >= 15 is 0 Å². The largest absolute Gasteiger partial charge is 0.454 e. The first-order valence-electron chi connectivity index (χ1n) is 5.43. The first-order chi connectivity index (χ1) is 8.17. The fraction of sp³-hybridized carbons (Fsp3) is 0.462. The second-order valence-electron chi connectivity index (χ2n) is 3.80. The predicted molar refractivity (Wildman–Crippen MR) is 64.1 cm³/mol. The fourth-order valence-corrected chi connectivity index (χ4v) is 1.40. The standard InChI is InChI=1S/C13H18O4/c1-10-4-6-11(7-5-10)13(14)17-12(8-15-2)9-16-3/h4-7,12H,8-9H2,1-3H3. The maximum atomic E-state index is 11.8. The topological polar surface area (TPSA) is 44.8 Å². The molecule has 1 rings (SSSR count). The van der Waals surface area contributed by atoms with Gasteiger partial charge in [0.15, 0.2) is 0 Å². The Kier molecular flexibility index (Phi) is 5.66. The number of methoxy groups -OCH3 is 2. The Bertz CT molecular complexity index is 339. The molecule has 0 unspecified atom stereocenters. The van der Waals surface area contributed by atoms with Gasteiger partial charge in [-0.3, -0.25) is 0 Å². The first kappa shape index (κ1) is 13.7. The molecule has 0 aliphatic carbocycles. The first-order valence-corrected chi connectivity index (χ1v) is 5.43. The zero-order valence-electron chi connectivity index (χ0n) is 10.4. The number of rotatable bonds is 6. The molecule has 17 heavy (non-hydrogen) atoms. The van der Waals surface area contributed by atoms with Crippen LogP contribution < -0.4 is 0 Å². The Morgan fingerprint density at radius 1 is 1.12 bits per heavy atom. The van der Waals surface area contributed by atoms with E-state index < -0.39 is 0 Å². The SMILES string of the molecule is COCC(COC)OC(=O)c1ccc(C)cc1. The molecule has 1 aromatic rings. The predicted octanol–water partition coefficient (Wildman–Crippen LogP) is 1.81. The summed E-state index contributed by atoms with van der Waals surface area (Å²) in [5.74, 6) is -0.357. The number of carbonyl (C=O) groups is 1. The van der Waals surface area contributed by atoms with Gasteiger partial charge in [-0.15, -0.1) is 0 Å². The van der Waals surface area contributed by atoms with Gasteiger partial charge in [-0.2, -0.15) is 0 Å². The molecule has 4 nitrogen and oxygen atoms in total. The summed E-state index contributed by atoms with van der Waals surface area (Å²) in [5, 5.41) is 0. The van der Waals surface area contributed by atoms with Crippen molar-refractivity contribution in [3.05, 3.63) is 35.4 Å². The summed E-state index contributed by atoms with van der Waals surface area (Å²) in [6, 6.07) is 7.24. The van der Waals surface area contributed by atoms with E-state index in [2.05, 4.69) is 0 Å². The summed E-state index contributed by atoms with van der Waals surface area (Å²) in [4.78, 5) is 11.8. The summed E-state index contributed by atoms with van der Waals surface area (Å²) < 4.78 is 15.2. The monoisotopic (exact) mass is 238 g/mol. The average Bonchev–Trinajstić information content (AvgIpc) is 2.30. The van der Waals surface area contributed by atoms with Gasteiger partial charge in [0.05, 0.1) is 18.8 Å². The van der Waals surface area contributed by atoms with Gasteiger partial charge in [0.2, 0.25) is 0 Å². The normalized spacial score (nSPS) is 10.6. The molecule has 0 saturated heterocycles. The van der Waals surface area contributed by atoms with Gasteiger partial charge in [0.1, 0.15) is 6.10 Å². The van der Waals surface area contributed by atoms with Crippen molar-refractivity contribution < 1.29 is 19.0 Å². The van der Waals surface area contributed by atoms with Crippen LogP contribution in [0.15, 0.2) is 24.3 Å². The highest BCUT2D eigenvalue weighted by Crippen LogP contribution is 2.07. The molecular weight excluding hydrogens is 220 g/mol. The van der Waals surface area contributed by atoms with Crippen molar-refractivity contribution in [2.45, 2.75) is 13.0 Å². The van der Waals surface area contributed by atoms with Crippen LogP contribution in [-0.4, -0.2) is 39.5 Å². The third-order valence-corrected chi connectivity index (χ3v) is 2.27. The Labute approximate surface area is 101 Å². The van der Waals surface area contributed by atoms with Gasteiger partial charge < -0.3 is 14.2 Å². The van der Waals surface area contributed by atoms with Crippen LogP contribution in [0.2, 0.25) is 0 Å². The molecular formula is C13H18O4. The van der Waals surface area contributed by atoms with E-state index in [1.165, 1.54) is 0 Å². The molecule has 0 spiro atoms. The smallest absolute Gasteiger partial charge is 0.338 e. The van der Waals surface area contributed by atoms with E-state index in [-0.39, 0.29) is 12.1 Å². The van der Waals surface area contributed by atoms with Crippen LogP contribution >= 0.6 is 0 Å². The Balaban J connectivity index is 2.60. The van der Waals surface area contributed by atoms with Crippen molar-refractivity contribution in [2.24, 2.45) is 0 Å². The molecule has 0 atom stereocenters. The Morgan fingerprint density at radius 2 is 1.65 bits per heavy atom. The van der Waals surface area contributed by atoms with Crippen molar-refractivity contribution >= 4 is 5.97 Å². The highest BCUT2D eigenvalue weighted by molar-refractivity contribution is 5.89. The van der Waals surface area contributed by atoms with Gasteiger partial charge in [0, 0.05) is 14.2 Å². The zero-order valence-corrected chi connectivity index (χ0v) is 10.4. The number of benzene rings is 1. The molecule has 0 aliphatic rings. The molecule has 0 bridgehead atoms. The van der Waals surface area contributed by atoms with Crippen LogP contribution in [0.4, 0.5) is 0 Å². The number of hydrogen-bond donors (Lipinski definition) is 0. The van der Waals surface area contributed by atoms with E-state index in [1.54, 1.807) is 26.4 Å².